The van der Waals surface area contributed by atoms with Crippen LogP contribution >= 0.6 is 0 Å². The van der Waals surface area contributed by atoms with Crippen molar-refractivity contribution in [2.24, 2.45) is 5.73 Å². The number of hydrogen-bond donors (Lipinski definition) is 1. The van der Waals surface area contributed by atoms with E-state index in [2.05, 4.69) is 0 Å². The van der Waals surface area contributed by atoms with Gasteiger partial charge in [-0.05, 0) is 31.0 Å². The Morgan fingerprint density at radius 3 is 1.95 bits per heavy atom. The van der Waals surface area contributed by atoms with E-state index in [-0.39, 0.29) is 5.92 Å². The predicted molar refractivity (Wildman–Crippen MR) is 78.0 cm³/mol. The summed E-state index contributed by atoms with van der Waals surface area (Å²) in [5, 5.41) is 0. The Labute approximate surface area is 122 Å². The van der Waals surface area contributed by atoms with Crippen LogP contribution in [0.4, 0.5) is 13.2 Å². The number of nitrogens with two attached hydrogens (primary N) is 1. The number of alkyl halides is 3. The molecule has 2 aromatic carbocycles. The van der Waals surface area contributed by atoms with Gasteiger partial charge in [0.2, 0.25) is 0 Å². The fraction of sp³-hybridized carbons (Fsp3) is 0.294. The molecule has 0 saturated heterocycles. The number of rotatable bonds is 3. The molecule has 0 aliphatic heterocycles. The lowest BCUT2D eigenvalue weighted by Crippen LogP contribution is -2.40. The Hall–Kier alpha value is -1.81. The van der Waals surface area contributed by atoms with Gasteiger partial charge in [0.15, 0.2) is 0 Å². The monoisotopic (exact) mass is 293 g/mol. The molecule has 0 spiro atoms. The summed E-state index contributed by atoms with van der Waals surface area (Å²) in [6.07, 6.45) is -4.35. The molecule has 1 nitrogen and oxygen atoms in total. The van der Waals surface area contributed by atoms with E-state index in [1.54, 1.807) is 6.07 Å². The van der Waals surface area contributed by atoms with Gasteiger partial charge >= 0.3 is 6.18 Å². The second-order valence-corrected chi connectivity index (χ2v) is 5.79. The van der Waals surface area contributed by atoms with Gasteiger partial charge in [0, 0.05) is 11.5 Å². The Kier molecular flexibility index (Phi) is 4.10. The molecule has 1 unspecified atom stereocenters. The molecule has 2 aromatic rings. The van der Waals surface area contributed by atoms with Crippen LogP contribution < -0.4 is 5.73 Å². The Morgan fingerprint density at radius 1 is 0.857 bits per heavy atom. The third kappa shape index (κ3) is 3.64. The molecule has 0 aliphatic rings. The summed E-state index contributed by atoms with van der Waals surface area (Å²) in [6.45, 7) is 3.65. The fourth-order valence-corrected chi connectivity index (χ4v) is 2.59. The predicted octanol–water partition coefficient (Wildman–Crippen LogP) is 4.57. The first-order valence-electron chi connectivity index (χ1n) is 6.70. The Bertz CT molecular complexity index is 597. The van der Waals surface area contributed by atoms with E-state index in [9.17, 15) is 13.2 Å². The lowest BCUT2D eigenvalue weighted by Gasteiger charge is -2.32. The van der Waals surface area contributed by atoms with Gasteiger partial charge in [-0.25, -0.2) is 0 Å². The highest BCUT2D eigenvalue weighted by atomic mass is 19.4. The standard InChI is InChI=1S/C17H18F3N/c1-16(2,21)15(12-7-4-3-5-8-12)13-9-6-10-14(11-13)17(18,19)20/h3-11,15H,21H2,1-2H3. The van der Waals surface area contributed by atoms with Crippen LogP contribution in [-0.2, 0) is 6.18 Å². The molecule has 0 aliphatic carbocycles. The van der Waals surface area contributed by atoms with Crippen molar-refractivity contribution in [3.8, 4) is 0 Å². The number of hydrogen-bond acceptors (Lipinski definition) is 1. The highest BCUT2D eigenvalue weighted by Crippen LogP contribution is 2.36. The number of halogens is 3. The molecule has 2 rings (SSSR count). The van der Waals surface area contributed by atoms with Gasteiger partial charge in [-0.2, -0.15) is 13.2 Å². The number of benzene rings is 2. The van der Waals surface area contributed by atoms with Gasteiger partial charge in [0.05, 0.1) is 5.56 Å². The first-order chi connectivity index (χ1) is 9.69. The third-order valence-electron chi connectivity index (χ3n) is 3.42. The molecule has 0 heterocycles. The minimum atomic E-state index is -4.35. The van der Waals surface area contributed by atoms with E-state index in [1.165, 1.54) is 12.1 Å². The van der Waals surface area contributed by atoms with Crippen molar-refractivity contribution in [2.45, 2.75) is 31.5 Å². The van der Waals surface area contributed by atoms with Crippen LogP contribution in [0.3, 0.4) is 0 Å². The lowest BCUT2D eigenvalue weighted by atomic mass is 9.77. The van der Waals surface area contributed by atoms with Crippen LogP contribution in [0, 0.1) is 0 Å². The molecule has 0 radical (unpaired) electrons. The largest absolute Gasteiger partial charge is 0.416 e. The van der Waals surface area contributed by atoms with Crippen molar-refractivity contribution in [1.82, 2.24) is 0 Å². The summed E-state index contributed by atoms with van der Waals surface area (Å²) in [7, 11) is 0. The lowest BCUT2D eigenvalue weighted by molar-refractivity contribution is -0.137. The molecule has 0 saturated carbocycles. The van der Waals surface area contributed by atoms with Gasteiger partial charge in [0.1, 0.15) is 0 Å². The van der Waals surface area contributed by atoms with E-state index in [0.29, 0.717) is 5.56 Å². The molecule has 112 valence electrons. The molecule has 4 heteroatoms. The first-order valence-corrected chi connectivity index (χ1v) is 6.70. The summed E-state index contributed by atoms with van der Waals surface area (Å²) < 4.78 is 38.7. The minimum absolute atomic E-state index is 0.305. The Balaban J connectivity index is 2.53. The van der Waals surface area contributed by atoms with Crippen LogP contribution in [0.2, 0.25) is 0 Å². The fourth-order valence-electron chi connectivity index (χ4n) is 2.59. The van der Waals surface area contributed by atoms with Crippen LogP contribution in [-0.4, -0.2) is 5.54 Å². The maximum atomic E-state index is 12.9. The van der Waals surface area contributed by atoms with E-state index < -0.39 is 17.3 Å². The second-order valence-electron chi connectivity index (χ2n) is 5.79. The second kappa shape index (κ2) is 5.53. The van der Waals surface area contributed by atoms with Crippen LogP contribution in [0.15, 0.2) is 54.6 Å². The van der Waals surface area contributed by atoms with Crippen molar-refractivity contribution >= 4 is 0 Å². The first kappa shape index (κ1) is 15.6. The molecular formula is C17H18F3N. The van der Waals surface area contributed by atoms with Gasteiger partial charge < -0.3 is 5.73 Å². The normalized spacial score (nSPS) is 14.0. The van der Waals surface area contributed by atoms with E-state index in [1.807, 2.05) is 44.2 Å². The molecule has 2 N–H and O–H groups in total. The summed E-state index contributed by atoms with van der Waals surface area (Å²) in [6, 6.07) is 14.8. The minimum Gasteiger partial charge on any atom is -0.325 e. The van der Waals surface area contributed by atoms with E-state index >= 15 is 0 Å². The summed E-state index contributed by atoms with van der Waals surface area (Å²) >= 11 is 0. The SMILES string of the molecule is CC(C)(N)C(c1ccccc1)c1cccc(C(F)(F)F)c1. The highest BCUT2D eigenvalue weighted by molar-refractivity contribution is 5.38. The quantitative estimate of drug-likeness (QED) is 0.881. The van der Waals surface area contributed by atoms with Gasteiger partial charge in [-0.1, -0.05) is 48.5 Å². The topological polar surface area (TPSA) is 26.0 Å². The zero-order valence-electron chi connectivity index (χ0n) is 12.0. The third-order valence-corrected chi connectivity index (χ3v) is 3.42. The van der Waals surface area contributed by atoms with E-state index in [0.717, 1.165) is 11.6 Å². The maximum absolute atomic E-state index is 12.9. The van der Waals surface area contributed by atoms with Crippen LogP contribution in [0.25, 0.3) is 0 Å². The Morgan fingerprint density at radius 2 is 1.43 bits per heavy atom. The van der Waals surface area contributed by atoms with Crippen LogP contribution in [0.1, 0.15) is 36.5 Å². The summed E-state index contributed by atoms with van der Waals surface area (Å²) in [4.78, 5) is 0. The highest BCUT2D eigenvalue weighted by Gasteiger charge is 2.33. The zero-order valence-corrected chi connectivity index (χ0v) is 12.0. The molecule has 0 aromatic heterocycles. The molecule has 1 atom stereocenters. The van der Waals surface area contributed by atoms with Crippen LogP contribution in [0.5, 0.6) is 0 Å². The van der Waals surface area contributed by atoms with Gasteiger partial charge in [-0.3, -0.25) is 0 Å². The molecular weight excluding hydrogens is 275 g/mol. The van der Waals surface area contributed by atoms with Crippen molar-refractivity contribution < 1.29 is 13.2 Å². The summed E-state index contributed by atoms with van der Waals surface area (Å²) in [5.41, 5.74) is 6.38. The zero-order chi connectivity index (χ0) is 15.7. The molecule has 0 fully saturated rings. The van der Waals surface area contributed by atoms with Crippen molar-refractivity contribution in [3.05, 3.63) is 71.3 Å². The van der Waals surface area contributed by atoms with Gasteiger partial charge in [0.25, 0.3) is 0 Å². The average Bonchev–Trinajstić information content (AvgIpc) is 2.38. The van der Waals surface area contributed by atoms with Crippen molar-refractivity contribution in [1.29, 1.82) is 0 Å². The molecule has 0 amide bonds. The molecule has 0 bridgehead atoms. The maximum Gasteiger partial charge on any atom is 0.416 e. The van der Waals surface area contributed by atoms with Crippen molar-refractivity contribution in [3.63, 3.8) is 0 Å². The summed E-state index contributed by atoms with van der Waals surface area (Å²) in [5.74, 6) is -0.305. The average molecular weight is 293 g/mol. The van der Waals surface area contributed by atoms with E-state index in [4.69, 9.17) is 5.73 Å². The van der Waals surface area contributed by atoms with Crippen molar-refractivity contribution in [2.75, 3.05) is 0 Å². The smallest absolute Gasteiger partial charge is 0.325 e. The molecule has 21 heavy (non-hydrogen) atoms. The van der Waals surface area contributed by atoms with Gasteiger partial charge in [-0.15, -0.1) is 0 Å².